The number of hydrogen-bond acceptors (Lipinski definition) is 8. The van der Waals surface area contributed by atoms with Gasteiger partial charge in [0.15, 0.2) is 5.76 Å². The summed E-state index contributed by atoms with van der Waals surface area (Å²) in [7, 11) is 0. The molecule has 1 atom stereocenters. The second kappa shape index (κ2) is 8.56. The number of aromatic hydroxyl groups is 1. The fourth-order valence-corrected chi connectivity index (χ4v) is 3.24. The first-order valence-electron chi connectivity index (χ1n) is 9.43. The van der Waals surface area contributed by atoms with Crippen molar-refractivity contribution < 1.29 is 14.6 Å². The fraction of sp³-hybridized carbons (Fsp3) is 0.190. The molecule has 0 bridgehead atoms. The molecular weight excluding hydrogens is 384 g/mol. The van der Waals surface area contributed by atoms with Crippen LogP contribution in [-0.2, 0) is 0 Å². The minimum Gasteiger partial charge on any atom is -0.493 e. The van der Waals surface area contributed by atoms with Crippen molar-refractivity contribution in [3.05, 3.63) is 66.3 Å². The Kier molecular flexibility index (Phi) is 5.51. The van der Waals surface area contributed by atoms with Gasteiger partial charge in [0.2, 0.25) is 5.88 Å². The normalized spacial score (nSPS) is 16.5. The standard InChI is InChI=1S/C21H20N6O3/c22-10-16(30-21-25-18-12-23-8-6-17(18)19(28)26-21)11-24-15-7-9-27(13-15)20(29)14-4-2-1-3-5-14/h1-6,8,10-12,15,22,24H,7,9,13H2,(H,25,26,28)/b16-11+,22-10?/t15-/m0/s1. The summed E-state index contributed by atoms with van der Waals surface area (Å²) in [6, 6.07) is 10.7. The van der Waals surface area contributed by atoms with Crippen molar-refractivity contribution in [3.8, 4) is 11.9 Å². The van der Waals surface area contributed by atoms with E-state index in [2.05, 4.69) is 20.3 Å². The summed E-state index contributed by atoms with van der Waals surface area (Å²) in [5.41, 5.74) is 1.10. The van der Waals surface area contributed by atoms with Gasteiger partial charge in [-0.1, -0.05) is 18.2 Å². The summed E-state index contributed by atoms with van der Waals surface area (Å²) in [4.78, 5) is 26.4. The minimum atomic E-state index is -0.222. The zero-order valence-electron chi connectivity index (χ0n) is 16.0. The van der Waals surface area contributed by atoms with Gasteiger partial charge in [-0.15, -0.1) is 0 Å². The number of ether oxygens (including phenoxy) is 1. The van der Waals surface area contributed by atoms with Crippen LogP contribution in [0.1, 0.15) is 16.8 Å². The number of nitrogens with zero attached hydrogens (tertiary/aromatic N) is 4. The third-order valence-electron chi connectivity index (χ3n) is 4.77. The summed E-state index contributed by atoms with van der Waals surface area (Å²) >= 11 is 0. The maximum atomic E-state index is 12.5. The predicted octanol–water partition coefficient (Wildman–Crippen LogP) is 2.10. The molecule has 0 aliphatic carbocycles. The molecule has 3 aromatic rings. The molecule has 0 spiro atoms. The third kappa shape index (κ3) is 4.19. The average Bonchev–Trinajstić information content (AvgIpc) is 3.26. The topological polar surface area (TPSA) is 124 Å². The smallest absolute Gasteiger partial charge is 0.326 e. The number of nitrogens with one attached hydrogen (secondary N) is 2. The van der Waals surface area contributed by atoms with E-state index in [0.717, 1.165) is 12.6 Å². The first-order valence-corrected chi connectivity index (χ1v) is 9.43. The molecule has 30 heavy (non-hydrogen) atoms. The Morgan fingerprint density at radius 1 is 1.27 bits per heavy atom. The molecule has 1 aromatic carbocycles. The number of hydrogen-bond donors (Lipinski definition) is 3. The van der Waals surface area contributed by atoms with Gasteiger partial charge in [0, 0.05) is 37.1 Å². The number of benzene rings is 1. The number of pyridine rings is 1. The van der Waals surface area contributed by atoms with Gasteiger partial charge >= 0.3 is 6.01 Å². The summed E-state index contributed by atoms with van der Waals surface area (Å²) in [6.07, 6.45) is 6.36. The molecule has 1 aliphatic heterocycles. The van der Waals surface area contributed by atoms with Crippen molar-refractivity contribution in [2.24, 2.45) is 0 Å². The van der Waals surface area contributed by atoms with Crippen LogP contribution in [0.5, 0.6) is 11.9 Å². The van der Waals surface area contributed by atoms with Crippen LogP contribution in [0.15, 0.2) is 60.8 Å². The molecule has 0 unspecified atom stereocenters. The molecule has 0 saturated carbocycles. The Morgan fingerprint density at radius 2 is 2.10 bits per heavy atom. The third-order valence-corrected chi connectivity index (χ3v) is 4.77. The van der Waals surface area contributed by atoms with E-state index >= 15 is 0 Å². The number of likely N-dealkylation sites (tertiary alicyclic amines) is 1. The van der Waals surface area contributed by atoms with Crippen molar-refractivity contribution in [1.82, 2.24) is 25.2 Å². The number of fused-ring (bicyclic) bond motifs is 1. The molecule has 3 N–H and O–H groups in total. The average molecular weight is 404 g/mol. The number of carbonyl (C=O) groups is 1. The molecule has 152 valence electrons. The van der Waals surface area contributed by atoms with E-state index in [1.165, 1.54) is 12.4 Å². The summed E-state index contributed by atoms with van der Waals surface area (Å²) in [5.74, 6) is -0.0490. The summed E-state index contributed by atoms with van der Waals surface area (Å²) in [6.45, 7) is 1.20. The molecular formula is C21H20N6O3. The number of carbonyl (C=O) groups excluding carboxylic acids is 1. The number of rotatable bonds is 6. The van der Waals surface area contributed by atoms with Gasteiger partial charge in [-0.05, 0) is 24.6 Å². The van der Waals surface area contributed by atoms with Gasteiger partial charge in [0.05, 0.1) is 23.3 Å². The highest BCUT2D eigenvalue weighted by atomic mass is 16.5. The van der Waals surface area contributed by atoms with Gasteiger partial charge in [-0.3, -0.25) is 9.78 Å². The Bertz CT molecular complexity index is 1100. The Morgan fingerprint density at radius 3 is 2.90 bits per heavy atom. The summed E-state index contributed by atoms with van der Waals surface area (Å²) < 4.78 is 5.52. The molecule has 0 radical (unpaired) electrons. The van der Waals surface area contributed by atoms with Gasteiger partial charge in [0.1, 0.15) is 0 Å². The molecule has 9 nitrogen and oxygen atoms in total. The molecule has 3 heterocycles. The van der Waals surface area contributed by atoms with E-state index in [4.69, 9.17) is 10.1 Å². The van der Waals surface area contributed by atoms with E-state index in [0.29, 0.717) is 29.6 Å². The van der Waals surface area contributed by atoms with Gasteiger partial charge < -0.3 is 25.5 Å². The maximum Gasteiger partial charge on any atom is 0.326 e. The molecule has 1 saturated heterocycles. The van der Waals surface area contributed by atoms with Crippen molar-refractivity contribution in [3.63, 3.8) is 0 Å². The molecule has 4 rings (SSSR count). The largest absolute Gasteiger partial charge is 0.493 e. The molecule has 1 aliphatic rings. The highest BCUT2D eigenvalue weighted by Gasteiger charge is 2.26. The highest BCUT2D eigenvalue weighted by Crippen LogP contribution is 2.23. The molecule has 9 heteroatoms. The van der Waals surface area contributed by atoms with Crippen LogP contribution in [0, 0.1) is 5.41 Å². The van der Waals surface area contributed by atoms with Crippen LogP contribution in [0.3, 0.4) is 0 Å². The first-order chi connectivity index (χ1) is 14.6. The van der Waals surface area contributed by atoms with Crippen molar-refractivity contribution >= 4 is 23.0 Å². The number of amides is 1. The van der Waals surface area contributed by atoms with Crippen LogP contribution >= 0.6 is 0 Å². The van der Waals surface area contributed by atoms with Crippen molar-refractivity contribution in [2.45, 2.75) is 12.5 Å². The second-order valence-electron chi connectivity index (χ2n) is 6.79. The van der Waals surface area contributed by atoms with E-state index < -0.39 is 0 Å². The van der Waals surface area contributed by atoms with Crippen molar-refractivity contribution in [1.29, 1.82) is 5.41 Å². The predicted molar refractivity (Wildman–Crippen MR) is 110 cm³/mol. The van der Waals surface area contributed by atoms with Crippen LogP contribution in [0.25, 0.3) is 10.9 Å². The van der Waals surface area contributed by atoms with E-state index in [1.807, 2.05) is 18.2 Å². The van der Waals surface area contributed by atoms with Crippen LogP contribution in [0.2, 0.25) is 0 Å². The van der Waals surface area contributed by atoms with Crippen LogP contribution in [-0.4, -0.2) is 56.2 Å². The monoisotopic (exact) mass is 404 g/mol. The van der Waals surface area contributed by atoms with E-state index in [1.54, 1.807) is 29.3 Å². The Balaban J connectivity index is 1.39. The first kappa shape index (κ1) is 19.3. The van der Waals surface area contributed by atoms with Gasteiger partial charge in [-0.25, -0.2) is 0 Å². The Hall–Kier alpha value is -4.01. The highest BCUT2D eigenvalue weighted by molar-refractivity contribution is 5.94. The fourth-order valence-electron chi connectivity index (χ4n) is 3.24. The van der Waals surface area contributed by atoms with Crippen LogP contribution < -0.4 is 10.1 Å². The second-order valence-corrected chi connectivity index (χ2v) is 6.79. The number of allylic oxidation sites excluding steroid dienone is 1. The lowest BCUT2D eigenvalue weighted by Crippen LogP contribution is -2.33. The van der Waals surface area contributed by atoms with E-state index in [9.17, 15) is 9.90 Å². The quantitative estimate of drug-likeness (QED) is 0.424. The Labute approximate surface area is 172 Å². The molecule has 1 amide bonds. The zero-order valence-corrected chi connectivity index (χ0v) is 16.0. The summed E-state index contributed by atoms with van der Waals surface area (Å²) in [5, 5.41) is 21.2. The van der Waals surface area contributed by atoms with Gasteiger partial charge in [0.25, 0.3) is 5.91 Å². The van der Waals surface area contributed by atoms with Crippen molar-refractivity contribution in [2.75, 3.05) is 13.1 Å². The lowest BCUT2D eigenvalue weighted by molar-refractivity contribution is 0.0790. The molecule has 1 fully saturated rings. The lowest BCUT2D eigenvalue weighted by Gasteiger charge is -2.17. The lowest BCUT2D eigenvalue weighted by atomic mass is 10.2. The van der Waals surface area contributed by atoms with E-state index in [-0.39, 0.29) is 29.6 Å². The molecule has 2 aromatic heterocycles. The zero-order chi connectivity index (χ0) is 20.9. The SMILES string of the molecule is N=C/C(=C\N[C@H]1CCN(C(=O)c2ccccc2)C1)Oc1nc(O)c2ccncc2n1. The number of aromatic nitrogens is 3. The minimum absolute atomic E-state index is 0.000977. The van der Waals surface area contributed by atoms with Crippen LogP contribution in [0.4, 0.5) is 0 Å². The van der Waals surface area contributed by atoms with Gasteiger partial charge in [-0.2, -0.15) is 9.97 Å². The maximum absolute atomic E-state index is 12.5.